The molecule has 0 bridgehead atoms. The number of anilines is 1. The fourth-order valence-electron chi connectivity index (χ4n) is 3.04. The number of amides is 1. The molecule has 128 valence electrons. The number of pyridine rings is 1. The Morgan fingerprint density at radius 2 is 2.04 bits per heavy atom. The first-order valence-corrected chi connectivity index (χ1v) is 9.59. The van der Waals surface area contributed by atoms with Gasteiger partial charge in [-0.1, -0.05) is 6.07 Å². The maximum Gasteiger partial charge on any atom is 0.260 e. The summed E-state index contributed by atoms with van der Waals surface area (Å²) >= 11 is 0. The van der Waals surface area contributed by atoms with Crippen LogP contribution in [0.4, 0.5) is 5.82 Å². The molecule has 2 aromatic rings. The minimum atomic E-state index is -3.01. The molecule has 1 atom stereocenters. The molecule has 1 fully saturated rings. The van der Waals surface area contributed by atoms with Crippen molar-refractivity contribution in [3.8, 4) is 0 Å². The van der Waals surface area contributed by atoms with Crippen molar-refractivity contribution in [3.63, 3.8) is 0 Å². The van der Waals surface area contributed by atoms with Crippen LogP contribution in [-0.4, -0.2) is 40.6 Å². The summed E-state index contributed by atoms with van der Waals surface area (Å²) in [4.78, 5) is 16.7. The van der Waals surface area contributed by atoms with Crippen LogP contribution in [-0.2, 0) is 9.84 Å². The summed E-state index contributed by atoms with van der Waals surface area (Å²) in [6, 6.07) is 3.41. The molecule has 0 unspecified atom stereocenters. The molecule has 1 amide bonds. The molecule has 3 heterocycles. The summed E-state index contributed by atoms with van der Waals surface area (Å²) in [5.74, 6) is 0.439. The lowest BCUT2D eigenvalue weighted by Crippen LogP contribution is -2.17. The zero-order valence-electron chi connectivity index (χ0n) is 13.9. The predicted octanol–water partition coefficient (Wildman–Crippen LogP) is 1.82. The van der Waals surface area contributed by atoms with Crippen molar-refractivity contribution in [2.45, 2.75) is 33.2 Å². The second-order valence-electron chi connectivity index (χ2n) is 6.22. The largest absolute Gasteiger partial charge is 0.306 e. The molecule has 1 aliphatic heterocycles. The lowest BCUT2D eigenvalue weighted by Gasteiger charge is -2.11. The third-order valence-electron chi connectivity index (χ3n) is 4.26. The van der Waals surface area contributed by atoms with Gasteiger partial charge in [0.15, 0.2) is 9.84 Å². The summed E-state index contributed by atoms with van der Waals surface area (Å²) in [6.45, 7) is 5.47. The van der Waals surface area contributed by atoms with Crippen molar-refractivity contribution >= 4 is 21.6 Å². The Hall–Kier alpha value is -2.22. The van der Waals surface area contributed by atoms with E-state index < -0.39 is 9.84 Å². The van der Waals surface area contributed by atoms with Crippen LogP contribution in [0.25, 0.3) is 0 Å². The molecular weight excluding hydrogens is 328 g/mol. The topological polar surface area (TPSA) is 94.0 Å². The number of aryl methyl sites for hydroxylation is 2. The summed E-state index contributed by atoms with van der Waals surface area (Å²) in [5, 5.41) is 7.17. The standard InChI is InChI=1S/C16H20N4O3S/c1-10-4-5-14(17-8-10)18-16(21)15-11(2)19-20(12(15)3)13-6-7-24(22,23)9-13/h4-5,8,13H,6-7,9H2,1-3H3,(H,17,18,21)/t13-/m1/s1. The quantitative estimate of drug-likeness (QED) is 0.913. The smallest absolute Gasteiger partial charge is 0.260 e. The average molecular weight is 348 g/mol. The SMILES string of the molecule is Cc1ccc(NC(=O)c2c(C)nn([C@@H]3CCS(=O)(=O)C3)c2C)nc1. The van der Waals surface area contributed by atoms with E-state index in [2.05, 4.69) is 15.4 Å². The van der Waals surface area contributed by atoms with Crippen LogP contribution in [0.3, 0.4) is 0 Å². The number of aromatic nitrogens is 3. The molecule has 0 aromatic carbocycles. The Morgan fingerprint density at radius 1 is 1.29 bits per heavy atom. The number of hydrogen-bond acceptors (Lipinski definition) is 5. The van der Waals surface area contributed by atoms with Gasteiger partial charge in [0.2, 0.25) is 0 Å². The summed E-state index contributed by atoms with van der Waals surface area (Å²) < 4.78 is 25.1. The summed E-state index contributed by atoms with van der Waals surface area (Å²) in [7, 11) is -3.01. The van der Waals surface area contributed by atoms with Gasteiger partial charge >= 0.3 is 0 Å². The van der Waals surface area contributed by atoms with Gasteiger partial charge in [0, 0.05) is 11.9 Å². The number of carbonyl (C=O) groups excluding carboxylic acids is 1. The number of hydrogen-bond donors (Lipinski definition) is 1. The van der Waals surface area contributed by atoms with Gasteiger partial charge in [-0.05, 0) is 38.8 Å². The van der Waals surface area contributed by atoms with Gasteiger partial charge in [-0.15, -0.1) is 0 Å². The number of rotatable bonds is 3. The fourth-order valence-corrected chi connectivity index (χ4v) is 4.73. The first-order valence-electron chi connectivity index (χ1n) is 7.77. The molecule has 1 N–H and O–H groups in total. The highest BCUT2D eigenvalue weighted by Crippen LogP contribution is 2.27. The van der Waals surface area contributed by atoms with Gasteiger partial charge in [0.25, 0.3) is 5.91 Å². The highest BCUT2D eigenvalue weighted by molar-refractivity contribution is 7.91. The Labute approximate surface area is 141 Å². The number of nitrogens with one attached hydrogen (secondary N) is 1. The van der Waals surface area contributed by atoms with Crippen molar-refractivity contribution in [2.24, 2.45) is 0 Å². The molecule has 0 spiro atoms. The van der Waals surface area contributed by atoms with E-state index >= 15 is 0 Å². The zero-order chi connectivity index (χ0) is 17.5. The Morgan fingerprint density at radius 3 is 2.62 bits per heavy atom. The maximum atomic E-state index is 12.6. The van der Waals surface area contributed by atoms with Crippen LogP contribution >= 0.6 is 0 Å². The predicted molar refractivity (Wildman–Crippen MR) is 90.9 cm³/mol. The second kappa shape index (κ2) is 6.01. The number of nitrogens with zero attached hydrogens (tertiary/aromatic N) is 3. The molecule has 0 aliphatic carbocycles. The molecular formula is C16H20N4O3S. The summed E-state index contributed by atoms with van der Waals surface area (Å²) in [5.41, 5.74) is 2.75. The van der Waals surface area contributed by atoms with Crippen LogP contribution in [0, 0.1) is 20.8 Å². The maximum absolute atomic E-state index is 12.6. The molecule has 2 aromatic heterocycles. The van der Waals surface area contributed by atoms with Gasteiger partial charge in [-0.3, -0.25) is 9.48 Å². The van der Waals surface area contributed by atoms with E-state index in [1.807, 2.05) is 13.0 Å². The number of sulfone groups is 1. The van der Waals surface area contributed by atoms with E-state index in [0.717, 1.165) is 5.56 Å². The molecule has 7 nitrogen and oxygen atoms in total. The first kappa shape index (κ1) is 16.6. The van der Waals surface area contributed by atoms with Gasteiger partial charge in [0.05, 0.1) is 28.8 Å². The van der Waals surface area contributed by atoms with Crippen LogP contribution < -0.4 is 5.32 Å². The third-order valence-corrected chi connectivity index (χ3v) is 6.01. The van der Waals surface area contributed by atoms with Gasteiger partial charge < -0.3 is 5.32 Å². The first-order chi connectivity index (χ1) is 11.3. The van der Waals surface area contributed by atoms with E-state index in [4.69, 9.17) is 0 Å². The lowest BCUT2D eigenvalue weighted by molar-refractivity contribution is 0.102. The van der Waals surface area contributed by atoms with Gasteiger partial charge in [-0.25, -0.2) is 13.4 Å². The Balaban J connectivity index is 1.86. The average Bonchev–Trinajstić information content (AvgIpc) is 3.00. The Bertz CT molecular complexity index is 885. The number of carbonyl (C=O) groups is 1. The molecule has 24 heavy (non-hydrogen) atoms. The molecule has 0 radical (unpaired) electrons. The van der Waals surface area contributed by atoms with E-state index in [0.29, 0.717) is 29.2 Å². The van der Waals surface area contributed by atoms with Gasteiger partial charge in [0.1, 0.15) is 5.82 Å². The van der Waals surface area contributed by atoms with E-state index in [1.54, 1.807) is 30.8 Å². The zero-order valence-corrected chi connectivity index (χ0v) is 14.7. The van der Waals surface area contributed by atoms with Crippen molar-refractivity contribution < 1.29 is 13.2 Å². The normalized spacial score (nSPS) is 19.4. The molecule has 0 saturated carbocycles. The van der Waals surface area contributed by atoms with E-state index in [1.165, 1.54) is 0 Å². The van der Waals surface area contributed by atoms with Gasteiger partial charge in [-0.2, -0.15) is 5.10 Å². The third kappa shape index (κ3) is 3.19. The Kier molecular flexibility index (Phi) is 4.16. The van der Waals surface area contributed by atoms with Crippen molar-refractivity contribution in [3.05, 3.63) is 40.8 Å². The molecule has 1 aliphatic rings. The summed E-state index contributed by atoms with van der Waals surface area (Å²) in [6.07, 6.45) is 2.22. The van der Waals surface area contributed by atoms with E-state index in [-0.39, 0.29) is 23.5 Å². The van der Waals surface area contributed by atoms with Crippen LogP contribution in [0.1, 0.15) is 39.8 Å². The van der Waals surface area contributed by atoms with Crippen molar-refractivity contribution in [1.29, 1.82) is 0 Å². The van der Waals surface area contributed by atoms with Crippen LogP contribution in [0.5, 0.6) is 0 Å². The second-order valence-corrected chi connectivity index (χ2v) is 8.45. The van der Waals surface area contributed by atoms with E-state index in [9.17, 15) is 13.2 Å². The highest BCUT2D eigenvalue weighted by atomic mass is 32.2. The molecule has 1 saturated heterocycles. The lowest BCUT2D eigenvalue weighted by atomic mass is 10.1. The van der Waals surface area contributed by atoms with Crippen LogP contribution in [0.2, 0.25) is 0 Å². The van der Waals surface area contributed by atoms with Crippen molar-refractivity contribution in [2.75, 3.05) is 16.8 Å². The molecule has 3 rings (SSSR count). The highest BCUT2D eigenvalue weighted by Gasteiger charge is 2.32. The fraction of sp³-hybridized carbons (Fsp3) is 0.438. The molecule has 8 heteroatoms. The minimum absolute atomic E-state index is 0.0789. The van der Waals surface area contributed by atoms with Crippen LogP contribution in [0.15, 0.2) is 18.3 Å². The monoisotopic (exact) mass is 348 g/mol. The van der Waals surface area contributed by atoms with Crippen molar-refractivity contribution in [1.82, 2.24) is 14.8 Å². The minimum Gasteiger partial charge on any atom is -0.306 e.